The first kappa shape index (κ1) is 22.5. The van der Waals surface area contributed by atoms with E-state index in [0.717, 1.165) is 16.7 Å². The van der Waals surface area contributed by atoms with Gasteiger partial charge in [0.2, 0.25) is 0 Å². The largest absolute Gasteiger partial charge is 0.378 e. The van der Waals surface area contributed by atoms with Gasteiger partial charge in [-0.1, -0.05) is 35.9 Å². The van der Waals surface area contributed by atoms with E-state index in [1.54, 1.807) is 52.3 Å². The average Bonchev–Trinajstić information content (AvgIpc) is 2.95. The van der Waals surface area contributed by atoms with Crippen molar-refractivity contribution in [1.82, 2.24) is 4.90 Å². The summed E-state index contributed by atoms with van der Waals surface area (Å²) in [4.78, 5) is 31.5. The molecule has 7 heteroatoms. The highest BCUT2D eigenvalue weighted by atomic mass is 32.2. The maximum Gasteiger partial charge on any atom is 0.259 e. The van der Waals surface area contributed by atoms with Crippen LogP contribution in [0.15, 0.2) is 70.5 Å². The predicted octanol–water partition coefficient (Wildman–Crippen LogP) is 4.10. The van der Waals surface area contributed by atoms with Crippen LogP contribution in [0, 0.1) is 13.8 Å². The number of fused-ring (bicyclic) bond motifs is 2. The first-order chi connectivity index (χ1) is 16.4. The number of carbonyl (C=O) groups is 2. The molecule has 3 aromatic carbocycles. The normalized spacial score (nSPS) is 17.7. The minimum Gasteiger partial charge on any atom is -0.378 e. The van der Waals surface area contributed by atoms with Crippen molar-refractivity contribution >= 4 is 28.3 Å². The molecule has 1 unspecified atom stereocenters. The van der Waals surface area contributed by atoms with Crippen molar-refractivity contribution in [3.63, 3.8) is 0 Å². The molecule has 2 aliphatic heterocycles. The Morgan fingerprint density at radius 2 is 1.74 bits per heavy atom. The lowest BCUT2D eigenvalue weighted by Gasteiger charge is -2.28. The van der Waals surface area contributed by atoms with E-state index in [9.17, 15) is 13.8 Å². The zero-order valence-electron chi connectivity index (χ0n) is 19.2. The first-order valence-corrected chi connectivity index (χ1v) is 12.5. The summed E-state index contributed by atoms with van der Waals surface area (Å²) in [6.07, 6.45) is 0. The topological polar surface area (TPSA) is 66.9 Å². The Balaban J connectivity index is 1.64. The molecule has 0 aromatic heterocycles. The van der Waals surface area contributed by atoms with Crippen molar-refractivity contribution in [2.75, 3.05) is 31.2 Å². The standard InChI is InChI=1S/C27H26N2O4S/c1-18-7-8-19(2)21(15-18)17-29-23-16-20(26(30)28-11-13-33-14-12-28)9-10-25(23)34(32)24-6-4-3-5-22(24)27(29)31/h3-10,15-16H,11-14,17H2,1-2H3. The number of morpholine rings is 1. The van der Waals surface area contributed by atoms with E-state index in [1.807, 2.05) is 26.0 Å². The van der Waals surface area contributed by atoms with Crippen LogP contribution in [0.3, 0.4) is 0 Å². The average molecular weight is 475 g/mol. The van der Waals surface area contributed by atoms with E-state index >= 15 is 0 Å². The third-order valence-corrected chi connectivity index (χ3v) is 7.89. The van der Waals surface area contributed by atoms with Gasteiger partial charge in [0.05, 0.1) is 51.6 Å². The number of hydrogen-bond donors (Lipinski definition) is 0. The minimum absolute atomic E-state index is 0.113. The molecule has 174 valence electrons. The van der Waals surface area contributed by atoms with E-state index in [4.69, 9.17) is 4.74 Å². The second kappa shape index (κ2) is 9.16. The Bertz CT molecular complexity index is 1310. The Morgan fingerprint density at radius 3 is 2.53 bits per heavy atom. The lowest BCUT2D eigenvalue weighted by atomic mass is 10.0. The van der Waals surface area contributed by atoms with E-state index in [-0.39, 0.29) is 11.8 Å². The molecule has 0 bridgehead atoms. The summed E-state index contributed by atoms with van der Waals surface area (Å²) in [7, 11) is -1.55. The number of amides is 2. The molecule has 2 amide bonds. The van der Waals surface area contributed by atoms with E-state index in [1.165, 1.54) is 0 Å². The first-order valence-electron chi connectivity index (χ1n) is 11.3. The summed E-state index contributed by atoms with van der Waals surface area (Å²) in [5.41, 5.74) is 4.59. The van der Waals surface area contributed by atoms with Crippen LogP contribution < -0.4 is 4.90 Å². The van der Waals surface area contributed by atoms with Crippen LogP contribution in [-0.4, -0.2) is 47.2 Å². The molecule has 5 rings (SSSR count). The summed E-state index contributed by atoms with van der Waals surface area (Å²) in [6, 6.07) is 18.3. The van der Waals surface area contributed by atoms with Crippen molar-refractivity contribution in [1.29, 1.82) is 0 Å². The van der Waals surface area contributed by atoms with Gasteiger partial charge in [0.25, 0.3) is 11.8 Å². The van der Waals surface area contributed by atoms with Gasteiger partial charge < -0.3 is 14.5 Å². The van der Waals surface area contributed by atoms with Crippen LogP contribution >= 0.6 is 0 Å². The highest BCUT2D eigenvalue weighted by molar-refractivity contribution is 7.85. The molecule has 0 aliphatic carbocycles. The molecule has 0 spiro atoms. The Hall–Kier alpha value is -3.29. The fourth-order valence-electron chi connectivity index (χ4n) is 4.44. The SMILES string of the molecule is Cc1ccc(C)c(CN2C(=O)c3ccccc3S(=O)c3ccc(C(=O)N4CCOCC4)cc32)c1. The molecule has 0 saturated carbocycles. The molecule has 1 atom stereocenters. The van der Waals surface area contributed by atoms with Gasteiger partial charge in [0.15, 0.2) is 0 Å². The molecule has 2 aliphatic rings. The summed E-state index contributed by atoms with van der Waals surface area (Å²) in [5.74, 6) is -0.336. The maximum absolute atomic E-state index is 13.8. The highest BCUT2D eigenvalue weighted by Gasteiger charge is 2.32. The molecule has 1 fully saturated rings. The number of aryl methyl sites for hydroxylation is 2. The Morgan fingerprint density at radius 1 is 0.971 bits per heavy atom. The molecule has 3 aromatic rings. The third kappa shape index (κ3) is 4.06. The number of hydrogen-bond acceptors (Lipinski definition) is 4. The van der Waals surface area contributed by atoms with Crippen LogP contribution in [0.5, 0.6) is 0 Å². The summed E-state index contributed by atoms with van der Waals surface area (Å²) in [5, 5.41) is 0. The van der Waals surface area contributed by atoms with Crippen molar-refractivity contribution in [3.05, 3.63) is 88.5 Å². The van der Waals surface area contributed by atoms with Gasteiger partial charge in [0.1, 0.15) is 0 Å². The van der Waals surface area contributed by atoms with Crippen LogP contribution in [0.25, 0.3) is 0 Å². The second-order valence-electron chi connectivity index (χ2n) is 8.67. The van der Waals surface area contributed by atoms with Crippen molar-refractivity contribution in [2.24, 2.45) is 0 Å². The van der Waals surface area contributed by atoms with Gasteiger partial charge in [-0.05, 0) is 55.3 Å². The lowest BCUT2D eigenvalue weighted by Crippen LogP contribution is -2.40. The van der Waals surface area contributed by atoms with Gasteiger partial charge >= 0.3 is 0 Å². The van der Waals surface area contributed by atoms with E-state index < -0.39 is 10.8 Å². The summed E-state index contributed by atoms with van der Waals surface area (Å²) in [6.45, 7) is 6.42. The van der Waals surface area contributed by atoms with Crippen LogP contribution in [0.1, 0.15) is 37.4 Å². The van der Waals surface area contributed by atoms with E-state index in [0.29, 0.717) is 59.5 Å². The quantitative estimate of drug-likeness (QED) is 0.573. The summed E-state index contributed by atoms with van der Waals surface area (Å²) < 4.78 is 19.0. The molecular formula is C27H26N2O4S. The number of ether oxygens (including phenoxy) is 1. The van der Waals surface area contributed by atoms with Crippen LogP contribution in [0.4, 0.5) is 5.69 Å². The van der Waals surface area contributed by atoms with Gasteiger partial charge in [-0.25, -0.2) is 4.21 Å². The number of anilines is 1. The molecule has 1 saturated heterocycles. The number of carbonyl (C=O) groups excluding carboxylic acids is 2. The van der Waals surface area contributed by atoms with Crippen LogP contribution in [-0.2, 0) is 22.1 Å². The maximum atomic E-state index is 13.8. The predicted molar refractivity (Wildman–Crippen MR) is 131 cm³/mol. The fourth-order valence-corrected chi connectivity index (χ4v) is 5.79. The highest BCUT2D eigenvalue weighted by Crippen LogP contribution is 2.36. The summed E-state index contributed by atoms with van der Waals surface area (Å²) >= 11 is 0. The monoisotopic (exact) mass is 474 g/mol. The number of benzene rings is 3. The van der Waals surface area contributed by atoms with Crippen molar-refractivity contribution < 1.29 is 18.5 Å². The number of nitrogens with zero attached hydrogens (tertiary/aromatic N) is 2. The van der Waals surface area contributed by atoms with Gasteiger partial charge in [-0.15, -0.1) is 0 Å². The Kier molecular flexibility index (Phi) is 6.06. The smallest absolute Gasteiger partial charge is 0.259 e. The molecule has 0 radical (unpaired) electrons. The fraction of sp³-hybridized carbons (Fsp3) is 0.259. The second-order valence-corrected chi connectivity index (χ2v) is 10.1. The van der Waals surface area contributed by atoms with Crippen molar-refractivity contribution in [3.8, 4) is 0 Å². The minimum atomic E-state index is -1.55. The van der Waals surface area contributed by atoms with Gasteiger partial charge in [-0.3, -0.25) is 9.59 Å². The molecule has 6 nitrogen and oxygen atoms in total. The van der Waals surface area contributed by atoms with Crippen molar-refractivity contribution in [2.45, 2.75) is 30.2 Å². The molecule has 2 heterocycles. The number of rotatable bonds is 3. The molecule has 0 N–H and O–H groups in total. The van der Waals surface area contributed by atoms with Crippen LogP contribution in [0.2, 0.25) is 0 Å². The van der Waals surface area contributed by atoms with E-state index in [2.05, 4.69) is 6.07 Å². The van der Waals surface area contributed by atoms with Gasteiger partial charge in [0, 0.05) is 18.7 Å². The zero-order chi connectivity index (χ0) is 23.8. The zero-order valence-corrected chi connectivity index (χ0v) is 20.1. The third-order valence-electron chi connectivity index (χ3n) is 6.39. The Labute approximate surface area is 201 Å². The lowest BCUT2D eigenvalue weighted by molar-refractivity contribution is 0.0303. The molecular weight excluding hydrogens is 448 g/mol. The molecule has 34 heavy (non-hydrogen) atoms. The van der Waals surface area contributed by atoms with Gasteiger partial charge in [-0.2, -0.15) is 0 Å².